The van der Waals surface area contributed by atoms with E-state index in [9.17, 15) is 23.5 Å². The molecule has 0 aliphatic heterocycles. The molecule has 126 valence electrons. The van der Waals surface area contributed by atoms with Crippen LogP contribution in [-0.2, 0) is 9.53 Å². The fourth-order valence-corrected chi connectivity index (χ4v) is 2.81. The summed E-state index contributed by atoms with van der Waals surface area (Å²) in [4.78, 5) is 22.9. The Hall–Kier alpha value is -2.18. The first kappa shape index (κ1) is 17.2. The van der Waals surface area contributed by atoms with E-state index >= 15 is 0 Å². The minimum atomic E-state index is -4.14. The Morgan fingerprint density at radius 1 is 1.13 bits per heavy atom. The van der Waals surface area contributed by atoms with Crippen molar-refractivity contribution in [3.8, 4) is 5.75 Å². The first-order valence-electron chi connectivity index (χ1n) is 7.43. The van der Waals surface area contributed by atoms with Gasteiger partial charge < -0.3 is 14.9 Å². The molecule has 0 bridgehead atoms. The van der Waals surface area contributed by atoms with E-state index in [2.05, 4.69) is 0 Å². The number of carboxylic acids is 1. The van der Waals surface area contributed by atoms with E-state index in [0.717, 1.165) is 6.42 Å². The highest BCUT2D eigenvalue weighted by Gasteiger charge is 2.53. The Balaban J connectivity index is 2.21. The summed E-state index contributed by atoms with van der Waals surface area (Å²) in [7, 11) is 0. The van der Waals surface area contributed by atoms with Crippen molar-refractivity contribution in [1.29, 1.82) is 0 Å². The van der Waals surface area contributed by atoms with E-state index in [1.807, 2.05) is 0 Å². The number of carboxylic acid groups (broad SMARTS) is 1. The Morgan fingerprint density at radius 2 is 1.70 bits per heavy atom. The van der Waals surface area contributed by atoms with E-state index < -0.39 is 29.9 Å². The van der Waals surface area contributed by atoms with Crippen LogP contribution in [0.3, 0.4) is 0 Å². The van der Waals surface area contributed by atoms with Gasteiger partial charge in [-0.15, -0.1) is 0 Å². The van der Waals surface area contributed by atoms with Gasteiger partial charge >= 0.3 is 17.9 Å². The summed E-state index contributed by atoms with van der Waals surface area (Å²) in [5.41, 5.74) is -0.0233. The molecule has 1 aromatic carbocycles. The lowest BCUT2D eigenvalue weighted by molar-refractivity contribution is -0.189. The molecule has 1 unspecified atom stereocenters. The lowest BCUT2D eigenvalue weighted by atomic mass is 9.83. The standard InChI is InChI=1S/C16H18F2O5/c17-16(18,15(21)22)13(10-4-2-1-3-5-10)23-14(20)11-6-8-12(19)9-7-11/h6-10,13,19H,1-5H2,(H,21,22). The number of carbonyl (C=O) groups excluding carboxylic acids is 1. The van der Waals surface area contributed by atoms with Crippen molar-refractivity contribution in [2.24, 2.45) is 5.92 Å². The molecule has 2 rings (SSSR count). The second-order valence-corrected chi connectivity index (χ2v) is 5.70. The lowest BCUT2D eigenvalue weighted by Crippen LogP contribution is -2.48. The first-order chi connectivity index (χ1) is 10.8. The number of ether oxygens (including phenoxy) is 1. The number of esters is 1. The van der Waals surface area contributed by atoms with Crippen molar-refractivity contribution in [1.82, 2.24) is 0 Å². The van der Waals surface area contributed by atoms with Gasteiger partial charge in [0.25, 0.3) is 0 Å². The average molecular weight is 328 g/mol. The molecule has 1 aliphatic rings. The number of halogens is 2. The molecule has 1 atom stereocenters. The highest BCUT2D eigenvalue weighted by molar-refractivity contribution is 5.90. The Morgan fingerprint density at radius 3 is 2.22 bits per heavy atom. The molecule has 7 heteroatoms. The second-order valence-electron chi connectivity index (χ2n) is 5.70. The summed E-state index contributed by atoms with van der Waals surface area (Å²) in [5, 5.41) is 18.0. The minimum Gasteiger partial charge on any atom is -0.508 e. The topological polar surface area (TPSA) is 83.8 Å². The Labute approximate surface area is 131 Å². The molecule has 0 spiro atoms. The summed E-state index contributed by atoms with van der Waals surface area (Å²) < 4.78 is 32.9. The largest absolute Gasteiger partial charge is 0.508 e. The molecular weight excluding hydrogens is 310 g/mol. The Bertz CT molecular complexity index is 564. The molecule has 5 nitrogen and oxygen atoms in total. The van der Waals surface area contributed by atoms with Crippen LogP contribution in [0.25, 0.3) is 0 Å². The zero-order valence-electron chi connectivity index (χ0n) is 12.4. The van der Waals surface area contributed by atoms with Gasteiger partial charge in [0.05, 0.1) is 5.56 Å². The van der Waals surface area contributed by atoms with Gasteiger partial charge in [0.1, 0.15) is 5.75 Å². The maximum Gasteiger partial charge on any atom is 0.378 e. The summed E-state index contributed by atoms with van der Waals surface area (Å²) in [6, 6.07) is 4.91. The second kappa shape index (κ2) is 6.93. The lowest BCUT2D eigenvalue weighted by Gasteiger charge is -2.33. The number of hydrogen-bond acceptors (Lipinski definition) is 4. The van der Waals surface area contributed by atoms with Crippen molar-refractivity contribution in [3.05, 3.63) is 29.8 Å². The zero-order valence-corrected chi connectivity index (χ0v) is 12.4. The van der Waals surface area contributed by atoms with Crippen molar-refractivity contribution in [2.45, 2.75) is 44.1 Å². The van der Waals surface area contributed by atoms with Crippen LogP contribution < -0.4 is 0 Å². The van der Waals surface area contributed by atoms with Crippen LogP contribution in [0.4, 0.5) is 8.78 Å². The number of aromatic hydroxyl groups is 1. The number of aliphatic carboxylic acids is 1. The van der Waals surface area contributed by atoms with E-state index in [4.69, 9.17) is 9.84 Å². The summed E-state index contributed by atoms with van der Waals surface area (Å²) >= 11 is 0. The highest BCUT2D eigenvalue weighted by atomic mass is 19.3. The van der Waals surface area contributed by atoms with Crippen LogP contribution in [0, 0.1) is 5.92 Å². The van der Waals surface area contributed by atoms with Gasteiger partial charge in [-0.25, -0.2) is 9.59 Å². The monoisotopic (exact) mass is 328 g/mol. The number of hydrogen-bond donors (Lipinski definition) is 2. The third kappa shape index (κ3) is 3.97. The number of carbonyl (C=O) groups is 2. The normalized spacial score (nSPS) is 17.5. The maximum absolute atomic E-state index is 14.0. The van der Waals surface area contributed by atoms with Crippen LogP contribution in [0.15, 0.2) is 24.3 Å². The predicted molar refractivity (Wildman–Crippen MR) is 76.5 cm³/mol. The molecule has 1 fully saturated rings. The molecule has 1 aliphatic carbocycles. The number of alkyl halides is 2. The molecule has 0 heterocycles. The van der Waals surface area contributed by atoms with Crippen molar-refractivity contribution in [3.63, 3.8) is 0 Å². The smallest absolute Gasteiger partial charge is 0.378 e. The zero-order chi connectivity index (χ0) is 17.0. The van der Waals surface area contributed by atoms with Gasteiger partial charge in [-0.3, -0.25) is 0 Å². The average Bonchev–Trinajstić information content (AvgIpc) is 2.53. The van der Waals surface area contributed by atoms with Crippen molar-refractivity contribution in [2.75, 3.05) is 0 Å². The fourth-order valence-electron chi connectivity index (χ4n) is 2.81. The van der Waals surface area contributed by atoms with Crippen LogP contribution in [0.5, 0.6) is 5.75 Å². The molecule has 1 saturated carbocycles. The third-order valence-corrected chi connectivity index (χ3v) is 4.06. The van der Waals surface area contributed by atoms with Crippen molar-refractivity contribution >= 4 is 11.9 Å². The van der Waals surface area contributed by atoms with Crippen LogP contribution in [0.2, 0.25) is 0 Å². The number of phenols is 1. The maximum atomic E-state index is 14.0. The molecule has 1 aromatic rings. The van der Waals surface area contributed by atoms with E-state index in [0.29, 0.717) is 25.7 Å². The third-order valence-electron chi connectivity index (χ3n) is 4.06. The van der Waals surface area contributed by atoms with Crippen LogP contribution in [-0.4, -0.2) is 34.2 Å². The Kier molecular flexibility index (Phi) is 5.18. The molecule has 0 amide bonds. The van der Waals surface area contributed by atoms with Crippen molar-refractivity contribution < 1.29 is 33.3 Å². The van der Waals surface area contributed by atoms with Gasteiger partial charge in [0, 0.05) is 5.92 Å². The van der Waals surface area contributed by atoms with Gasteiger partial charge in [-0.1, -0.05) is 19.3 Å². The summed E-state index contributed by atoms with van der Waals surface area (Å²) in [5.74, 6) is -8.24. The minimum absolute atomic E-state index is 0.0233. The molecular formula is C16H18F2O5. The molecule has 23 heavy (non-hydrogen) atoms. The predicted octanol–water partition coefficient (Wildman–Crippen LogP) is 3.22. The highest BCUT2D eigenvalue weighted by Crippen LogP contribution is 2.36. The molecule has 0 aromatic heterocycles. The van der Waals surface area contributed by atoms with Gasteiger partial charge in [0.15, 0.2) is 6.10 Å². The molecule has 2 N–H and O–H groups in total. The quantitative estimate of drug-likeness (QED) is 0.811. The number of phenolic OH excluding ortho intramolecular Hbond substituents is 1. The number of benzene rings is 1. The van der Waals surface area contributed by atoms with E-state index in [1.165, 1.54) is 24.3 Å². The number of rotatable bonds is 5. The summed E-state index contributed by atoms with van der Waals surface area (Å²) in [6.07, 6.45) is 1.10. The molecule has 0 radical (unpaired) electrons. The van der Waals surface area contributed by atoms with E-state index in [1.54, 1.807) is 0 Å². The summed E-state index contributed by atoms with van der Waals surface area (Å²) in [6.45, 7) is 0. The van der Waals surface area contributed by atoms with Gasteiger partial charge in [-0.05, 0) is 37.1 Å². The van der Waals surface area contributed by atoms with Crippen LogP contribution in [0.1, 0.15) is 42.5 Å². The van der Waals surface area contributed by atoms with Gasteiger partial charge in [-0.2, -0.15) is 8.78 Å². The van der Waals surface area contributed by atoms with Gasteiger partial charge in [0.2, 0.25) is 0 Å². The van der Waals surface area contributed by atoms with E-state index in [-0.39, 0.29) is 11.3 Å². The fraction of sp³-hybridized carbons (Fsp3) is 0.500. The molecule has 0 saturated heterocycles. The SMILES string of the molecule is O=C(OC(C1CCCCC1)C(F)(F)C(=O)O)c1ccc(O)cc1. The first-order valence-corrected chi connectivity index (χ1v) is 7.43. The van der Waals surface area contributed by atoms with Crippen LogP contribution >= 0.6 is 0 Å².